The number of nitrogens with one attached hydrogen (secondary N) is 1. The quantitative estimate of drug-likeness (QED) is 0.0241. The van der Waals surface area contributed by atoms with Gasteiger partial charge in [0.05, 0.1) is 13.2 Å². The first-order chi connectivity index (χ1) is 26.8. The summed E-state index contributed by atoms with van der Waals surface area (Å²) in [6.45, 7) is 3.40. The standard InChI is InChI=1S/C45H82NO8P/c1-3-5-7-9-11-13-15-17-18-19-20-21-22-23-24-26-27-29-31-33-35-37-44(48)46-39-40-53-55(50,51)54-42-43(47)41-52-45(49)38-36-34-32-30-28-25-16-14-12-10-8-6-4-2/h6,8,12,14,17-18,25,28,43,47H,3-5,7,9-11,13,15-16,19-24,26-27,29-42H2,1-2H3,(H,46,48)(H,50,51)/b8-6-,14-12-,18-17+,28-25-. The molecule has 0 aliphatic carbocycles. The average Bonchev–Trinajstić information content (AvgIpc) is 3.17. The molecular formula is C45H82NO8P. The van der Waals surface area contributed by atoms with Gasteiger partial charge in [-0.3, -0.25) is 18.6 Å². The van der Waals surface area contributed by atoms with Crippen molar-refractivity contribution in [3.05, 3.63) is 48.6 Å². The zero-order valence-electron chi connectivity index (χ0n) is 35.1. The molecule has 0 saturated carbocycles. The number of rotatable bonds is 41. The second kappa shape index (κ2) is 41.6. The molecule has 55 heavy (non-hydrogen) atoms. The highest BCUT2D eigenvalue weighted by atomic mass is 31.2. The fraction of sp³-hybridized carbons (Fsp3) is 0.778. The zero-order valence-corrected chi connectivity index (χ0v) is 36.0. The number of phosphoric ester groups is 1. The van der Waals surface area contributed by atoms with Crippen LogP contribution in [0.15, 0.2) is 48.6 Å². The van der Waals surface area contributed by atoms with Crippen LogP contribution in [-0.4, -0.2) is 54.3 Å². The molecule has 0 spiro atoms. The summed E-state index contributed by atoms with van der Waals surface area (Å²) in [5.41, 5.74) is 0. The Kier molecular flexibility index (Phi) is 40.1. The highest BCUT2D eigenvalue weighted by molar-refractivity contribution is 7.47. The fourth-order valence-electron chi connectivity index (χ4n) is 5.92. The van der Waals surface area contributed by atoms with E-state index in [0.29, 0.717) is 12.8 Å². The van der Waals surface area contributed by atoms with Crippen LogP contribution >= 0.6 is 7.82 Å². The molecule has 0 rings (SSSR count). The lowest BCUT2D eigenvalue weighted by Crippen LogP contribution is -2.27. The third-order valence-corrected chi connectivity index (χ3v) is 10.2. The van der Waals surface area contributed by atoms with Gasteiger partial charge in [-0.2, -0.15) is 0 Å². The molecule has 320 valence electrons. The monoisotopic (exact) mass is 796 g/mol. The van der Waals surface area contributed by atoms with Crippen LogP contribution in [0.25, 0.3) is 0 Å². The molecular weight excluding hydrogens is 713 g/mol. The van der Waals surface area contributed by atoms with E-state index in [1.165, 1.54) is 103 Å². The molecule has 9 nitrogen and oxygen atoms in total. The van der Waals surface area contributed by atoms with E-state index in [0.717, 1.165) is 57.8 Å². The van der Waals surface area contributed by atoms with E-state index >= 15 is 0 Å². The SMILES string of the molecule is CC/C=C\C/C=C\C/C=C\CCCCCC(=O)OCC(O)COP(=O)(O)OCCNC(=O)CCCCCCCCCCCCC/C=C/CCCCCCCC. The van der Waals surface area contributed by atoms with Crippen molar-refractivity contribution in [2.45, 2.75) is 200 Å². The van der Waals surface area contributed by atoms with Gasteiger partial charge in [-0.25, -0.2) is 4.57 Å². The van der Waals surface area contributed by atoms with Gasteiger partial charge in [-0.05, 0) is 70.6 Å². The first-order valence-corrected chi connectivity index (χ1v) is 23.6. The lowest BCUT2D eigenvalue weighted by atomic mass is 10.0. The predicted octanol–water partition coefficient (Wildman–Crippen LogP) is 12.3. The van der Waals surface area contributed by atoms with Crippen LogP contribution in [0.1, 0.15) is 194 Å². The van der Waals surface area contributed by atoms with Gasteiger partial charge in [0.25, 0.3) is 0 Å². The first-order valence-electron chi connectivity index (χ1n) is 22.1. The molecule has 0 aromatic carbocycles. The smallest absolute Gasteiger partial charge is 0.463 e. The van der Waals surface area contributed by atoms with E-state index in [4.69, 9.17) is 13.8 Å². The van der Waals surface area contributed by atoms with Crippen LogP contribution in [0.2, 0.25) is 0 Å². The van der Waals surface area contributed by atoms with Gasteiger partial charge in [0.1, 0.15) is 12.7 Å². The van der Waals surface area contributed by atoms with Crippen LogP contribution < -0.4 is 5.32 Å². The highest BCUT2D eigenvalue weighted by Crippen LogP contribution is 2.42. The Labute approximate surface area is 336 Å². The zero-order chi connectivity index (χ0) is 40.3. The molecule has 0 radical (unpaired) electrons. The molecule has 3 N–H and O–H groups in total. The fourth-order valence-corrected chi connectivity index (χ4v) is 6.68. The molecule has 0 aliphatic rings. The summed E-state index contributed by atoms with van der Waals surface area (Å²) in [5.74, 6) is -0.547. The Bertz CT molecular complexity index is 1040. The van der Waals surface area contributed by atoms with Crippen LogP contribution in [0.4, 0.5) is 0 Å². The van der Waals surface area contributed by atoms with Gasteiger partial charge in [0.15, 0.2) is 0 Å². The maximum absolute atomic E-state index is 12.1. The molecule has 0 heterocycles. The molecule has 10 heteroatoms. The van der Waals surface area contributed by atoms with Gasteiger partial charge in [0.2, 0.25) is 5.91 Å². The number of esters is 1. The number of hydrogen-bond acceptors (Lipinski definition) is 7. The van der Waals surface area contributed by atoms with Crippen molar-refractivity contribution in [3.8, 4) is 0 Å². The molecule has 2 unspecified atom stereocenters. The van der Waals surface area contributed by atoms with E-state index in [2.05, 4.69) is 67.8 Å². The van der Waals surface area contributed by atoms with Crippen molar-refractivity contribution in [1.29, 1.82) is 0 Å². The van der Waals surface area contributed by atoms with Crippen LogP contribution in [0, 0.1) is 0 Å². The third-order valence-electron chi connectivity index (χ3n) is 9.24. The van der Waals surface area contributed by atoms with E-state index in [1.54, 1.807) is 0 Å². The van der Waals surface area contributed by atoms with Crippen molar-refractivity contribution >= 4 is 19.7 Å². The van der Waals surface area contributed by atoms with E-state index in [1.807, 2.05) is 0 Å². The number of allylic oxidation sites excluding steroid dienone is 8. The Morgan fingerprint density at radius 1 is 0.582 bits per heavy atom. The molecule has 0 aromatic heterocycles. The number of aliphatic hydroxyl groups is 1. The minimum atomic E-state index is -4.42. The normalized spacial score (nSPS) is 13.7. The molecule has 2 atom stereocenters. The van der Waals surface area contributed by atoms with Crippen molar-refractivity contribution in [2.75, 3.05) is 26.4 Å². The summed E-state index contributed by atoms with van der Waals surface area (Å²) in [7, 11) is -4.42. The number of phosphoric acid groups is 1. The van der Waals surface area contributed by atoms with E-state index in [9.17, 15) is 24.2 Å². The number of carbonyl (C=O) groups excluding carboxylic acids is 2. The van der Waals surface area contributed by atoms with Crippen LogP contribution in [0.3, 0.4) is 0 Å². The summed E-state index contributed by atoms with van der Waals surface area (Å²) >= 11 is 0. The molecule has 0 aliphatic heterocycles. The van der Waals surface area contributed by atoms with Crippen molar-refractivity contribution in [2.24, 2.45) is 0 Å². The van der Waals surface area contributed by atoms with E-state index < -0.39 is 26.5 Å². The summed E-state index contributed by atoms with van der Waals surface area (Å²) in [5, 5.41) is 12.7. The minimum absolute atomic E-state index is 0.0771. The number of ether oxygens (including phenoxy) is 1. The molecule has 0 saturated heterocycles. The topological polar surface area (TPSA) is 131 Å². The molecule has 0 bridgehead atoms. The number of amides is 1. The lowest BCUT2D eigenvalue weighted by molar-refractivity contribution is -0.147. The van der Waals surface area contributed by atoms with Gasteiger partial charge < -0.3 is 20.1 Å². The summed E-state index contributed by atoms with van der Waals surface area (Å²) in [6.07, 6.45) is 47.7. The Balaban J connectivity index is 3.59. The van der Waals surface area contributed by atoms with Crippen LogP contribution in [0.5, 0.6) is 0 Å². The predicted molar refractivity (Wildman–Crippen MR) is 229 cm³/mol. The van der Waals surface area contributed by atoms with Crippen molar-refractivity contribution in [1.82, 2.24) is 5.32 Å². The average molecular weight is 796 g/mol. The second-order valence-electron chi connectivity index (χ2n) is 14.6. The van der Waals surface area contributed by atoms with Gasteiger partial charge in [-0.1, -0.05) is 159 Å². The molecule has 1 amide bonds. The van der Waals surface area contributed by atoms with Crippen molar-refractivity contribution < 1.29 is 37.9 Å². The third kappa shape index (κ3) is 42.9. The Morgan fingerprint density at radius 3 is 1.60 bits per heavy atom. The highest BCUT2D eigenvalue weighted by Gasteiger charge is 2.23. The number of aliphatic hydroxyl groups excluding tert-OH is 1. The number of carbonyl (C=O) groups is 2. The molecule has 0 fully saturated rings. The summed E-state index contributed by atoms with van der Waals surface area (Å²) < 4.78 is 26.8. The first kappa shape index (κ1) is 53.0. The Morgan fingerprint density at radius 2 is 1.04 bits per heavy atom. The second-order valence-corrected chi connectivity index (χ2v) is 16.1. The van der Waals surface area contributed by atoms with E-state index in [-0.39, 0.29) is 32.1 Å². The molecule has 0 aromatic rings. The maximum atomic E-state index is 12.1. The maximum Gasteiger partial charge on any atom is 0.472 e. The summed E-state index contributed by atoms with van der Waals surface area (Å²) in [6, 6.07) is 0. The lowest BCUT2D eigenvalue weighted by Gasteiger charge is -2.15. The Hall–Kier alpha value is -2.03. The van der Waals surface area contributed by atoms with Gasteiger partial charge in [0, 0.05) is 19.4 Å². The summed E-state index contributed by atoms with van der Waals surface area (Å²) in [4.78, 5) is 33.9. The van der Waals surface area contributed by atoms with Crippen molar-refractivity contribution in [3.63, 3.8) is 0 Å². The van der Waals surface area contributed by atoms with Gasteiger partial charge >= 0.3 is 13.8 Å². The number of unbranched alkanes of at least 4 members (excludes halogenated alkanes) is 20. The minimum Gasteiger partial charge on any atom is -0.463 e. The van der Waals surface area contributed by atoms with Gasteiger partial charge in [-0.15, -0.1) is 0 Å². The van der Waals surface area contributed by atoms with Crippen LogP contribution in [-0.2, 0) is 27.9 Å². The number of hydrogen-bond donors (Lipinski definition) is 3. The largest absolute Gasteiger partial charge is 0.472 e.